The summed E-state index contributed by atoms with van der Waals surface area (Å²) >= 11 is 1.76. The third kappa shape index (κ3) is 5.04. The molecule has 7 heteroatoms. The van der Waals surface area contributed by atoms with Crippen molar-refractivity contribution in [3.63, 3.8) is 0 Å². The quantitative estimate of drug-likeness (QED) is 0.668. The summed E-state index contributed by atoms with van der Waals surface area (Å²) in [6.45, 7) is 1.94. The first-order valence-electron chi connectivity index (χ1n) is 11.6. The number of nitrogens with one attached hydrogen (secondary N) is 1. The lowest BCUT2D eigenvalue weighted by molar-refractivity contribution is -0.138. The van der Waals surface area contributed by atoms with E-state index in [-0.39, 0.29) is 36.6 Å². The van der Waals surface area contributed by atoms with Gasteiger partial charge in [0.2, 0.25) is 11.8 Å². The molecule has 1 aromatic heterocycles. The van der Waals surface area contributed by atoms with Gasteiger partial charge >= 0.3 is 0 Å². The van der Waals surface area contributed by atoms with E-state index >= 15 is 0 Å². The van der Waals surface area contributed by atoms with Crippen molar-refractivity contribution in [3.05, 3.63) is 57.3 Å². The van der Waals surface area contributed by atoms with Crippen molar-refractivity contribution in [2.24, 2.45) is 0 Å². The topological polar surface area (TPSA) is 69.7 Å². The van der Waals surface area contributed by atoms with E-state index in [0.717, 1.165) is 44.2 Å². The molecule has 5 rings (SSSR count). The van der Waals surface area contributed by atoms with Crippen LogP contribution in [-0.2, 0) is 29.1 Å². The summed E-state index contributed by atoms with van der Waals surface area (Å²) in [5.41, 5.74) is 2.92. The first kappa shape index (κ1) is 21.2. The number of carbonyl (C=O) groups excluding carboxylic acids is 3. The normalized spacial score (nSPS) is 17.6. The van der Waals surface area contributed by atoms with E-state index < -0.39 is 0 Å². The molecule has 0 atom stereocenters. The number of hydrogen-bond donors (Lipinski definition) is 1. The average molecular weight is 452 g/mol. The molecule has 2 aromatic rings. The van der Waals surface area contributed by atoms with Crippen molar-refractivity contribution in [1.82, 2.24) is 15.1 Å². The van der Waals surface area contributed by atoms with Gasteiger partial charge in [-0.1, -0.05) is 12.1 Å². The van der Waals surface area contributed by atoms with Crippen LogP contribution in [0.5, 0.6) is 0 Å². The van der Waals surface area contributed by atoms with Crippen LogP contribution < -0.4 is 5.32 Å². The molecule has 2 aliphatic carbocycles. The number of hydrogen-bond acceptors (Lipinski definition) is 4. The summed E-state index contributed by atoms with van der Waals surface area (Å²) < 4.78 is 0. The molecular weight excluding hydrogens is 422 g/mol. The van der Waals surface area contributed by atoms with E-state index in [2.05, 4.69) is 16.8 Å². The van der Waals surface area contributed by atoms with Crippen LogP contribution in [0.1, 0.15) is 64.9 Å². The highest BCUT2D eigenvalue weighted by Crippen LogP contribution is 2.30. The van der Waals surface area contributed by atoms with Gasteiger partial charge in [-0.15, -0.1) is 11.3 Å². The van der Waals surface area contributed by atoms with E-state index in [0.29, 0.717) is 24.7 Å². The molecule has 1 aromatic carbocycles. The lowest BCUT2D eigenvalue weighted by Crippen LogP contribution is -2.37. The maximum absolute atomic E-state index is 13.0. The standard InChI is InChI=1S/C25H29N3O3S/c29-23(27-13-11-22-19(16-27)12-14-32-22)9-10-24(30)28(21-7-8-21)15-17-1-3-18(4-2-17)25(31)26-20-5-6-20/h1-4,12,14,20-21H,5-11,13,15-16H2,(H,26,31). The van der Waals surface area contributed by atoms with Crippen LogP contribution in [0.25, 0.3) is 0 Å². The number of nitrogens with zero attached hydrogens (tertiary/aromatic N) is 2. The largest absolute Gasteiger partial charge is 0.349 e. The number of carbonyl (C=O) groups is 3. The summed E-state index contributed by atoms with van der Waals surface area (Å²) in [6, 6.07) is 10.2. The molecule has 32 heavy (non-hydrogen) atoms. The molecule has 0 saturated heterocycles. The lowest BCUT2D eigenvalue weighted by atomic mass is 10.1. The lowest BCUT2D eigenvalue weighted by Gasteiger charge is -2.28. The molecule has 3 aliphatic rings. The Morgan fingerprint density at radius 2 is 1.81 bits per heavy atom. The van der Waals surface area contributed by atoms with Crippen LogP contribution in [0.4, 0.5) is 0 Å². The highest BCUT2D eigenvalue weighted by molar-refractivity contribution is 7.10. The summed E-state index contributed by atoms with van der Waals surface area (Å²) in [5, 5.41) is 5.08. The van der Waals surface area contributed by atoms with E-state index in [4.69, 9.17) is 0 Å². The average Bonchev–Trinajstić information content (AvgIpc) is 3.74. The van der Waals surface area contributed by atoms with Crippen LogP contribution in [0.3, 0.4) is 0 Å². The second-order valence-electron chi connectivity index (χ2n) is 9.13. The molecule has 0 radical (unpaired) electrons. The van der Waals surface area contributed by atoms with Crippen molar-refractivity contribution in [1.29, 1.82) is 0 Å². The second kappa shape index (κ2) is 9.06. The highest BCUT2D eigenvalue weighted by atomic mass is 32.1. The van der Waals surface area contributed by atoms with Gasteiger partial charge in [-0.3, -0.25) is 14.4 Å². The zero-order chi connectivity index (χ0) is 22.1. The maximum Gasteiger partial charge on any atom is 0.251 e. The zero-order valence-corrected chi connectivity index (χ0v) is 19.0. The summed E-state index contributed by atoms with van der Waals surface area (Å²) in [5.74, 6) is 0.0848. The second-order valence-corrected chi connectivity index (χ2v) is 10.1. The van der Waals surface area contributed by atoms with E-state index in [1.807, 2.05) is 34.1 Å². The smallest absolute Gasteiger partial charge is 0.251 e. The van der Waals surface area contributed by atoms with E-state index in [1.54, 1.807) is 11.3 Å². The van der Waals surface area contributed by atoms with Crippen LogP contribution in [-0.4, -0.2) is 46.1 Å². The van der Waals surface area contributed by atoms with Crippen molar-refractivity contribution >= 4 is 29.1 Å². The Hall–Kier alpha value is -2.67. The van der Waals surface area contributed by atoms with Crippen molar-refractivity contribution in [3.8, 4) is 0 Å². The van der Waals surface area contributed by atoms with Crippen molar-refractivity contribution < 1.29 is 14.4 Å². The van der Waals surface area contributed by atoms with E-state index in [1.165, 1.54) is 10.4 Å². The van der Waals surface area contributed by atoms with Gasteiger partial charge in [-0.25, -0.2) is 0 Å². The van der Waals surface area contributed by atoms with Gasteiger partial charge in [0.25, 0.3) is 5.91 Å². The SMILES string of the molecule is O=C(NC1CC1)c1ccc(CN(C(=O)CCC(=O)N2CCc3sccc3C2)C2CC2)cc1. The molecule has 6 nitrogen and oxygen atoms in total. The minimum atomic E-state index is -0.0278. The summed E-state index contributed by atoms with van der Waals surface area (Å²) in [7, 11) is 0. The number of benzene rings is 1. The Labute approximate surface area is 192 Å². The van der Waals surface area contributed by atoms with Gasteiger partial charge in [-0.05, 0) is 66.8 Å². The molecule has 1 aliphatic heterocycles. The molecule has 3 amide bonds. The third-order valence-electron chi connectivity index (χ3n) is 6.50. The zero-order valence-electron chi connectivity index (χ0n) is 18.2. The predicted molar refractivity (Wildman–Crippen MR) is 123 cm³/mol. The summed E-state index contributed by atoms with van der Waals surface area (Å²) in [6.07, 6.45) is 5.61. The van der Waals surface area contributed by atoms with Crippen molar-refractivity contribution in [2.45, 2.75) is 70.1 Å². The first-order chi connectivity index (χ1) is 15.6. The number of rotatable bonds is 8. The Kier molecular flexibility index (Phi) is 6.00. The fourth-order valence-corrected chi connectivity index (χ4v) is 5.13. The molecule has 0 bridgehead atoms. The minimum absolute atomic E-state index is 0.0278. The molecule has 2 fully saturated rings. The van der Waals surface area contributed by atoms with Gasteiger partial charge < -0.3 is 15.1 Å². The Morgan fingerprint density at radius 3 is 2.53 bits per heavy atom. The van der Waals surface area contributed by atoms with Crippen LogP contribution in [0.15, 0.2) is 35.7 Å². The van der Waals surface area contributed by atoms with Gasteiger partial charge in [0.05, 0.1) is 0 Å². The molecular formula is C25H29N3O3S. The molecule has 0 unspecified atom stereocenters. The Bertz CT molecular complexity index is 1010. The predicted octanol–water partition coefficient (Wildman–Crippen LogP) is 3.50. The van der Waals surface area contributed by atoms with Gasteiger partial charge in [0.15, 0.2) is 0 Å². The van der Waals surface area contributed by atoms with Gasteiger partial charge in [0.1, 0.15) is 0 Å². The molecule has 2 heterocycles. The maximum atomic E-state index is 13.0. The minimum Gasteiger partial charge on any atom is -0.349 e. The highest BCUT2D eigenvalue weighted by Gasteiger charge is 2.33. The third-order valence-corrected chi connectivity index (χ3v) is 7.53. The number of fused-ring (bicyclic) bond motifs is 1. The molecule has 1 N–H and O–H groups in total. The van der Waals surface area contributed by atoms with Crippen LogP contribution >= 0.6 is 11.3 Å². The monoisotopic (exact) mass is 451 g/mol. The van der Waals surface area contributed by atoms with Gasteiger partial charge in [-0.2, -0.15) is 0 Å². The molecule has 168 valence electrons. The first-order valence-corrected chi connectivity index (χ1v) is 12.5. The molecule has 0 spiro atoms. The number of thiophene rings is 1. The fourth-order valence-electron chi connectivity index (χ4n) is 4.24. The van der Waals surface area contributed by atoms with Crippen LogP contribution in [0, 0.1) is 0 Å². The fraction of sp³-hybridized carbons (Fsp3) is 0.480. The van der Waals surface area contributed by atoms with Crippen LogP contribution in [0.2, 0.25) is 0 Å². The summed E-state index contributed by atoms with van der Waals surface area (Å²) in [4.78, 5) is 43.0. The Morgan fingerprint density at radius 1 is 1.03 bits per heavy atom. The Balaban J connectivity index is 1.14. The van der Waals surface area contributed by atoms with Crippen molar-refractivity contribution in [2.75, 3.05) is 6.54 Å². The molecule has 2 saturated carbocycles. The van der Waals surface area contributed by atoms with Gasteiger partial charge in [0, 0.05) is 55.0 Å². The number of amides is 3. The van der Waals surface area contributed by atoms with E-state index in [9.17, 15) is 14.4 Å².